The summed E-state index contributed by atoms with van der Waals surface area (Å²) in [6, 6.07) is 10.1. The van der Waals surface area contributed by atoms with Crippen LogP contribution in [0.5, 0.6) is 11.5 Å². The van der Waals surface area contributed by atoms with Crippen LogP contribution in [-0.2, 0) is 10.0 Å². The fourth-order valence-corrected chi connectivity index (χ4v) is 3.90. The summed E-state index contributed by atoms with van der Waals surface area (Å²) in [5, 5.41) is 0. The van der Waals surface area contributed by atoms with Gasteiger partial charge in [-0.3, -0.25) is 4.72 Å². The summed E-state index contributed by atoms with van der Waals surface area (Å²) in [6.45, 7) is 4.61. The van der Waals surface area contributed by atoms with Gasteiger partial charge in [-0.05, 0) is 55.3 Å². The Bertz CT molecular complexity index is 820. The number of methoxy groups -OCH3 is 1. The molecule has 0 aromatic heterocycles. The highest BCUT2D eigenvalue weighted by Gasteiger charge is 2.21. The van der Waals surface area contributed by atoms with E-state index in [1.54, 1.807) is 36.4 Å². The summed E-state index contributed by atoms with van der Waals surface area (Å²) in [4.78, 5) is 0.0794. The highest BCUT2D eigenvalue weighted by atomic mass is 79.9. The van der Waals surface area contributed by atoms with Crippen molar-refractivity contribution in [3.63, 3.8) is 0 Å². The molecule has 136 valence electrons. The molecule has 1 N–H and O–H groups in total. The van der Waals surface area contributed by atoms with Gasteiger partial charge in [-0.15, -0.1) is 0 Å². The number of benzene rings is 2. The molecular formula is C18H22BrNO4S. The molecule has 0 amide bonds. The van der Waals surface area contributed by atoms with Gasteiger partial charge in [-0.25, -0.2) is 8.42 Å². The molecule has 0 atom stereocenters. The summed E-state index contributed by atoms with van der Waals surface area (Å²) in [7, 11) is -2.33. The van der Waals surface area contributed by atoms with Crippen LogP contribution >= 0.6 is 15.9 Å². The average molecular weight is 428 g/mol. The summed E-state index contributed by atoms with van der Waals surface area (Å²) in [6.07, 6.45) is 2.04. The number of halogens is 1. The zero-order chi connectivity index (χ0) is 18.4. The summed E-state index contributed by atoms with van der Waals surface area (Å²) in [5.41, 5.74) is 1.35. The van der Waals surface area contributed by atoms with Crippen molar-refractivity contribution in [2.24, 2.45) is 0 Å². The van der Waals surface area contributed by atoms with Crippen LogP contribution in [0.3, 0.4) is 0 Å². The Labute approximate surface area is 157 Å². The number of sulfonamides is 1. The van der Waals surface area contributed by atoms with Crippen molar-refractivity contribution in [1.29, 1.82) is 0 Å². The molecule has 2 aromatic carbocycles. The van der Waals surface area contributed by atoms with Gasteiger partial charge in [0.1, 0.15) is 16.4 Å². The third kappa shape index (κ3) is 5.12. The summed E-state index contributed by atoms with van der Waals surface area (Å²) < 4.78 is 39.5. The first-order valence-electron chi connectivity index (χ1n) is 7.97. The largest absolute Gasteiger partial charge is 0.495 e. The Morgan fingerprint density at radius 3 is 2.44 bits per heavy atom. The van der Waals surface area contributed by atoms with E-state index in [1.807, 2.05) is 6.92 Å². The molecule has 2 aromatic rings. The van der Waals surface area contributed by atoms with Crippen molar-refractivity contribution >= 4 is 31.6 Å². The molecule has 0 heterocycles. The van der Waals surface area contributed by atoms with E-state index in [2.05, 4.69) is 27.6 Å². The van der Waals surface area contributed by atoms with E-state index in [1.165, 1.54) is 7.11 Å². The van der Waals surface area contributed by atoms with E-state index < -0.39 is 10.0 Å². The molecule has 25 heavy (non-hydrogen) atoms. The van der Waals surface area contributed by atoms with E-state index in [0.29, 0.717) is 28.3 Å². The van der Waals surface area contributed by atoms with Gasteiger partial charge in [-0.1, -0.05) is 29.3 Å². The molecule has 5 nitrogen and oxygen atoms in total. The summed E-state index contributed by atoms with van der Waals surface area (Å²) in [5.74, 6) is 1.01. The Balaban J connectivity index is 2.20. The smallest absolute Gasteiger partial charge is 0.265 e. The maximum absolute atomic E-state index is 12.7. The van der Waals surface area contributed by atoms with Crippen LogP contribution in [0, 0.1) is 6.92 Å². The SMILES string of the molecule is CCCCOc1ccc(NS(=O)(=O)c2cc(Br)c(C)cc2OC)cc1. The van der Waals surface area contributed by atoms with Crippen molar-refractivity contribution < 1.29 is 17.9 Å². The first-order chi connectivity index (χ1) is 11.9. The van der Waals surface area contributed by atoms with E-state index in [9.17, 15) is 8.42 Å². The number of nitrogens with one attached hydrogen (secondary N) is 1. The monoisotopic (exact) mass is 427 g/mol. The standard InChI is InChI=1S/C18H22BrNO4S/c1-4-5-10-24-15-8-6-14(7-9-15)20-25(21,22)18-12-16(19)13(2)11-17(18)23-3/h6-9,11-12,20H,4-5,10H2,1-3H3. The van der Waals surface area contributed by atoms with Crippen molar-refractivity contribution in [3.8, 4) is 11.5 Å². The van der Waals surface area contributed by atoms with Crippen molar-refractivity contribution in [3.05, 3.63) is 46.4 Å². The molecule has 0 fully saturated rings. The second-order valence-electron chi connectivity index (χ2n) is 5.58. The van der Waals surface area contributed by atoms with Gasteiger partial charge in [-0.2, -0.15) is 0 Å². The molecule has 0 saturated carbocycles. The molecule has 0 bridgehead atoms. The molecule has 7 heteroatoms. The number of unbranched alkanes of at least 4 members (excludes halogenated alkanes) is 1. The van der Waals surface area contributed by atoms with Gasteiger partial charge >= 0.3 is 0 Å². The van der Waals surface area contributed by atoms with Crippen molar-refractivity contribution in [2.75, 3.05) is 18.4 Å². The molecule has 0 aliphatic carbocycles. The molecular weight excluding hydrogens is 406 g/mol. The number of anilines is 1. The lowest BCUT2D eigenvalue weighted by atomic mass is 10.2. The molecule has 0 aliphatic rings. The van der Waals surface area contributed by atoms with Crippen LogP contribution in [0.1, 0.15) is 25.3 Å². The van der Waals surface area contributed by atoms with Crippen LogP contribution in [0.15, 0.2) is 45.8 Å². The Hall–Kier alpha value is -1.73. The normalized spacial score (nSPS) is 11.2. The number of hydrogen-bond acceptors (Lipinski definition) is 4. The number of ether oxygens (including phenoxy) is 2. The van der Waals surface area contributed by atoms with Crippen LogP contribution in [0.2, 0.25) is 0 Å². The molecule has 0 aliphatic heterocycles. The first kappa shape index (κ1) is 19.6. The lowest BCUT2D eigenvalue weighted by Gasteiger charge is -2.14. The van der Waals surface area contributed by atoms with Gasteiger partial charge in [0.2, 0.25) is 0 Å². The third-order valence-corrected chi connectivity index (χ3v) is 5.86. The number of hydrogen-bond donors (Lipinski definition) is 1. The van der Waals surface area contributed by atoms with Gasteiger partial charge < -0.3 is 9.47 Å². The Morgan fingerprint density at radius 2 is 1.84 bits per heavy atom. The Morgan fingerprint density at radius 1 is 1.16 bits per heavy atom. The number of aryl methyl sites for hydroxylation is 1. The van der Waals surface area contributed by atoms with Gasteiger partial charge in [0, 0.05) is 10.2 Å². The highest BCUT2D eigenvalue weighted by Crippen LogP contribution is 2.31. The van der Waals surface area contributed by atoms with Crippen LogP contribution in [-0.4, -0.2) is 22.1 Å². The minimum atomic E-state index is -3.77. The first-order valence-corrected chi connectivity index (χ1v) is 10.2. The predicted molar refractivity (Wildman–Crippen MR) is 103 cm³/mol. The van der Waals surface area contributed by atoms with Crippen molar-refractivity contribution in [2.45, 2.75) is 31.6 Å². The average Bonchev–Trinajstić information content (AvgIpc) is 2.58. The zero-order valence-corrected chi connectivity index (χ0v) is 16.9. The fraction of sp³-hybridized carbons (Fsp3) is 0.333. The fourth-order valence-electron chi connectivity index (χ4n) is 2.17. The Kier molecular flexibility index (Phi) is 6.72. The second kappa shape index (κ2) is 8.58. The van der Waals surface area contributed by atoms with E-state index >= 15 is 0 Å². The van der Waals surface area contributed by atoms with Crippen LogP contribution in [0.4, 0.5) is 5.69 Å². The van der Waals surface area contributed by atoms with Gasteiger partial charge in [0.25, 0.3) is 10.0 Å². The molecule has 0 saturated heterocycles. The molecule has 0 unspecified atom stereocenters. The van der Waals surface area contributed by atoms with Crippen LogP contribution < -0.4 is 14.2 Å². The minimum Gasteiger partial charge on any atom is -0.495 e. The maximum Gasteiger partial charge on any atom is 0.265 e. The predicted octanol–water partition coefficient (Wildman–Crippen LogP) is 4.75. The second-order valence-corrected chi connectivity index (χ2v) is 8.09. The van der Waals surface area contributed by atoms with E-state index in [0.717, 1.165) is 18.4 Å². The third-order valence-electron chi connectivity index (χ3n) is 3.61. The highest BCUT2D eigenvalue weighted by molar-refractivity contribution is 9.10. The number of rotatable bonds is 8. The lowest BCUT2D eigenvalue weighted by molar-refractivity contribution is 0.309. The lowest BCUT2D eigenvalue weighted by Crippen LogP contribution is -2.14. The quantitative estimate of drug-likeness (QED) is 0.617. The molecule has 2 rings (SSSR count). The van der Waals surface area contributed by atoms with Crippen LogP contribution in [0.25, 0.3) is 0 Å². The minimum absolute atomic E-state index is 0.0794. The van der Waals surface area contributed by atoms with Gasteiger partial charge in [0.15, 0.2) is 0 Å². The van der Waals surface area contributed by atoms with Gasteiger partial charge in [0.05, 0.1) is 13.7 Å². The van der Waals surface area contributed by atoms with Crippen molar-refractivity contribution in [1.82, 2.24) is 0 Å². The van der Waals surface area contributed by atoms with E-state index in [4.69, 9.17) is 9.47 Å². The molecule has 0 spiro atoms. The van der Waals surface area contributed by atoms with E-state index in [-0.39, 0.29) is 4.90 Å². The maximum atomic E-state index is 12.7. The molecule has 0 radical (unpaired) electrons. The summed E-state index contributed by atoms with van der Waals surface area (Å²) >= 11 is 3.36. The zero-order valence-electron chi connectivity index (χ0n) is 14.5. The topological polar surface area (TPSA) is 64.6 Å².